The maximum absolute atomic E-state index is 5.85. The molecule has 0 bridgehead atoms. The Morgan fingerprint density at radius 2 is 2.07 bits per heavy atom. The quantitative estimate of drug-likeness (QED) is 0.337. The van der Waals surface area contributed by atoms with Crippen molar-refractivity contribution in [3.8, 4) is 0 Å². The van der Waals surface area contributed by atoms with Crippen LogP contribution in [-0.4, -0.2) is 55.7 Å². The molecule has 1 fully saturated rings. The highest BCUT2D eigenvalue weighted by molar-refractivity contribution is 14.0. The highest BCUT2D eigenvalue weighted by atomic mass is 127. The lowest BCUT2D eigenvalue weighted by Crippen LogP contribution is -2.46. The molecule has 0 aromatic carbocycles. The van der Waals surface area contributed by atoms with Crippen molar-refractivity contribution in [3.63, 3.8) is 0 Å². The lowest BCUT2D eigenvalue weighted by Gasteiger charge is -2.34. The molecule has 7 nitrogen and oxygen atoms in total. The van der Waals surface area contributed by atoms with E-state index in [0.29, 0.717) is 18.5 Å². The number of thiophene rings is 1. The van der Waals surface area contributed by atoms with Gasteiger partial charge in [0.25, 0.3) is 0 Å². The third-order valence-electron chi connectivity index (χ3n) is 4.74. The normalized spacial score (nSPS) is 16.9. The molecule has 1 atom stereocenters. The zero-order valence-corrected chi connectivity index (χ0v) is 20.8. The van der Waals surface area contributed by atoms with Crippen molar-refractivity contribution in [2.75, 3.05) is 39.9 Å². The number of nitrogens with zero attached hydrogens (tertiary/aromatic N) is 3. The van der Waals surface area contributed by atoms with Crippen molar-refractivity contribution in [2.24, 2.45) is 4.99 Å². The second-order valence-electron chi connectivity index (χ2n) is 7.85. The first-order valence-electron chi connectivity index (χ1n) is 9.72. The van der Waals surface area contributed by atoms with Gasteiger partial charge in [0.15, 0.2) is 5.96 Å². The average Bonchev–Trinajstić information content (AvgIpc) is 3.37. The second kappa shape index (κ2) is 11.3. The Morgan fingerprint density at radius 3 is 2.66 bits per heavy atom. The van der Waals surface area contributed by atoms with Crippen LogP contribution in [0.25, 0.3) is 0 Å². The average molecular weight is 533 g/mol. The van der Waals surface area contributed by atoms with E-state index in [9.17, 15) is 0 Å². The molecule has 162 valence electrons. The molecular weight excluding hydrogens is 501 g/mol. The van der Waals surface area contributed by atoms with E-state index < -0.39 is 0 Å². The van der Waals surface area contributed by atoms with Crippen molar-refractivity contribution in [2.45, 2.75) is 38.8 Å². The van der Waals surface area contributed by atoms with E-state index in [-0.39, 0.29) is 29.4 Å². The fourth-order valence-corrected chi connectivity index (χ4v) is 3.95. The molecule has 2 aromatic heterocycles. The summed E-state index contributed by atoms with van der Waals surface area (Å²) in [5.74, 6) is 2.29. The third-order valence-corrected chi connectivity index (χ3v) is 5.72. The number of halogens is 1. The second-order valence-corrected chi connectivity index (χ2v) is 8.83. The Hall–Kier alpha value is -1.17. The number of morpholine rings is 1. The number of hydrogen-bond donors (Lipinski definition) is 2. The van der Waals surface area contributed by atoms with Gasteiger partial charge in [-0.05, 0) is 11.4 Å². The molecule has 0 saturated carbocycles. The summed E-state index contributed by atoms with van der Waals surface area (Å²) in [4.78, 5) is 12.5. The van der Waals surface area contributed by atoms with Gasteiger partial charge in [-0.3, -0.25) is 9.89 Å². The first-order valence-corrected chi connectivity index (χ1v) is 10.6. The third kappa shape index (κ3) is 6.94. The molecule has 0 amide bonds. The molecule has 1 aliphatic rings. The highest BCUT2D eigenvalue weighted by Crippen LogP contribution is 2.25. The minimum Gasteiger partial charge on any atom is -0.443 e. The molecular formula is C20H32IN5O2S. The van der Waals surface area contributed by atoms with Gasteiger partial charge < -0.3 is 19.8 Å². The van der Waals surface area contributed by atoms with Gasteiger partial charge in [0, 0.05) is 37.0 Å². The van der Waals surface area contributed by atoms with Gasteiger partial charge in [0.05, 0.1) is 32.0 Å². The summed E-state index contributed by atoms with van der Waals surface area (Å²) < 4.78 is 11.4. The molecule has 0 spiro atoms. The molecule has 0 aliphatic carbocycles. The number of nitrogens with one attached hydrogen (secondary N) is 2. The molecule has 1 unspecified atom stereocenters. The highest BCUT2D eigenvalue weighted by Gasteiger charge is 2.24. The number of oxazole rings is 1. The molecule has 2 N–H and O–H groups in total. The predicted octanol–water partition coefficient (Wildman–Crippen LogP) is 3.39. The minimum atomic E-state index is -0.0444. The number of guanidine groups is 1. The Kier molecular flexibility index (Phi) is 9.38. The molecule has 9 heteroatoms. The summed E-state index contributed by atoms with van der Waals surface area (Å²) in [5, 5.41) is 8.88. The monoisotopic (exact) mass is 533 g/mol. The van der Waals surface area contributed by atoms with Gasteiger partial charge in [-0.1, -0.05) is 26.8 Å². The maximum atomic E-state index is 5.85. The number of aromatic nitrogens is 1. The van der Waals surface area contributed by atoms with Crippen LogP contribution in [0.15, 0.2) is 33.1 Å². The zero-order valence-electron chi connectivity index (χ0n) is 17.6. The van der Waals surface area contributed by atoms with Crippen LogP contribution in [0.3, 0.4) is 0 Å². The molecule has 2 aromatic rings. The van der Waals surface area contributed by atoms with Crippen molar-refractivity contribution in [1.29, 1.82) is 0 Å². The van der Waals surface area contributed by atoms with E-state index in [0.717, 1.165) is 44.6 Å². The van der Waals surface area contributed by atoms with Crippen molar-refractivity contribution < 1.29 is 9.15 Å². The predicted molar refractivity (Wildman–Crippen MR) is 128 cm³/mol. The summed E-state index contributed by atoms with van der Waals surface area (Å²) >= 11 is 1.79. The standard InChI is InChI=1S/C20H31N5O2S.HI/c1-20(2,3)17-13-22-18(27-17)14-24-19(21-4)23-12-15(16-6-5-11-28-16)25-7-9-26-10-8-25;/h5-6,11,13,15H,7-10,12,14H2,1-4H3,(H2,21,23,24);1H. The first kappa shape index (κ1) is 24.1. The largest absolute Gasteiger partial charge is 0.443 e. The SMILES string of the molecule is CN=C(NCc1ncc(C(C)(C)C)o1)NCC(c1cccs1)N1CCOCC1.I. The van der Waals surface area contributed by atoms with Crippen LogP contribution in [0.4, 0.5) is 0 Å². The fourth-order valence-electron chi connectivity index (χ4n) is 3.09. The smallest absolute Gasteiger partial charge is 0.213 e. The van der Waals surface area contributed by atoms with Crippen LogP contribution in [-0.2, 0) is 16.7 Å². The van der Waals surface area contributed by atoms with Crippen LogP contribution >= 0.6 is 35.3 Å². The van der Waals surface area contributed by atoms with Gasteiger partial charge in [-0.2, -0.15) is 0 Å². The summed E-state index contributed by atoms with van der Waals surface area (Å²) in [6.07, 6.45) is 1.80. The van der Waals surface area contributed by atoms with Crippen molar-refractivity contribution in [3.05, 3.63) is 40.2 Å². The number of hydrogen-bond acceptors (Lipinski definition) is 6. The van der Waals surface area contributed by atoms with Crippen molar-refractivity contribution >= 4 is 41.3 Å². The maximum Gasteiger partial charge on any atom is 0.213 e. The lowest BCUT2D eigenvalue weighted by atomic mass is 9.94. The summed E-state index contributed by atoms with van der Waals surface area (Å²) in [7, 11) is 1.78. The van der Waals surface area contributed by atoms with Gasteiger partial charge >= 0.3 is 0 Å². The Morgan fingerprint density at radius 1 is 1.31 bits per heavy atom. The Bertz CT molecular complexity index is 751. The van der Waals surface area contributed by atoms with Crippen LogP contribution in [0.1, 0.15) is 43.3 Å². The summed E-state index contributed by atoms with van der Waals surface area (Å²) in [6, 6.07) is 4.61. The lowest BCUT2D eigenvalue weighted by molar-refractivity contribution is 0.0177. The number of rotatable bonds is 6. The van der Waals surface area contributed by atoms with E-state index in [1.54, 1.807) is 24.6 Å². The minimum absolute atomic E-state index is 0. The Labute approximate surface area is 194 Å². The van der Waals surface area contributed by atoms with Gasteiger partial charge in [-0.15, -0.1) is 35.3 Å². The molecule has 1 saturated heterocycles. The van der Waals surface area contributed by atoms with E-state index in [1.165, 1.54) is 4.88 Å². The summed E-state index contributed by atoms with van der Waals surface area (Å²) in [6.45, 7) is 11.1. The molecule has 0 radical (unpaired) electrons. The van der Waals surface area contributed by atoms with Crippen LogP contribution in [0, 0.1) is 0 Å². The van der Waals surface area contributed by atoms with Crippen LogP contribution in [0.2, 0.25) is 0 Å². The molecule has 3 heterocycles. The number of ether oxygens (including phenoxy) is 1. The molecule has 1 aliphatic heterocycles. The summed E-state index contributed by atoms with van der Waals surface area (Å²) in [5.41, 5.74) is -0.0444. The van der Waals surface area contributed by atoms with Gasteiger partial charge in [-0.25, -0.2) is 4.98 Å². The van der Waals surface area contributed by atoms with E-state index in [1.807, 2.05) is 0 Å². The van der Waals surface area contributed by atoms with E-state index in [4.69, 9.17) is 9.15 Å². The molecule has 29 heavy (non-hydrogen) atoms. The van der Waals surface area contributed by atoms with Gasteiger partial charge in [0.1, 0.15) is 5.76 Å². The first-order chi connectivity index (χ1) is 13.5. The van der Waals surface area contributed by atoms with E-state index in [2.05, 4.69) is 63.8 Å². The van der Waals surface area contributed by atoms with Crippen molar-refractivity contribution in [1.82, 2.24) is 20.5 Å². The topological polar surface area (TPSA) is 74.9 Å². The fraction of sp³-hybridized carbons (Fsp3) is 0.600. The van der Waals surface area contributed by atoms with Gasteiger partial charge in [0.2, 0.25) is 5.89 Å². The number of aliphatic imine (C=N–C) groups is 1. The molecule has 3 rings (SSSR count). The van der Waals surface area contributed by atoms with Crippen LogP contribution < -0.4 is 10.6 Å². The van der Waals surface area contributed by atoms with Crippen LogP contribution in [0.5, 0.6) is 0 Å². The van der Waals surface area contributed by atoms with E-state index >= 15 is 0 Å². The zero-order chi connectivity index (χ0) is 20.0. The Balaban J connectivity index is 0.00000300.